The summed E-state index contributed by atoms with van der Waals surface area (Å²) in [6.07, 6.45) is 3.36. The minimum absolute atomic E-state index is 0.152. The molecule has 2 aromatic carbocycles. The molecule has 154 valence electrons. The minimum Gasteiger partial charge on any atom is -0.310 e. The lowest BCUT2D eigenvalue weighted by atomic mass is 10.2. The molecule has 0 bridgehead atoms. The van der Waals surface area contributed by atoms with Crippen LogP contribution in [-0.4, -0.2) is 36.7 Å². The molecule has 5 rings (SSSR count). The van der Waals surface area contributed by atoms with Gasteiger partial charge in [0.15, 0.2) is 5.65 Å². The summed E-state index contributed by atoms with van der Waals surface area (Å²) in [6.45, 7) is 0.408. The molecule has 0 saturated heterocycles. The van der Waals surface area contributed by atoms with Crippen molar-refractivity contribution in [1.29, 1.82) is 0 Å². The number of anilines is 1. The highest BCUT2D eigenvalue weighted by Crippen LogP contribution is 2.27. The standard InChI is InChI=1S/C21H16N6O4/c28-19(25-10-9-14-5-1-2-6-16(14)25)12-24-13-22-20-15(21(24)29)11-23-26(20)17-7-3-4-8-18(17)27(30)31/h1-8,11,13H,9-10,12H2. The van der Waals surface area contributed by atoms with Crippen LogP contribution in [0.2, 0.25) is 0 Å². The van der Waals surface area contributed by atoms with Gasteiger partial charge in [-0.2, -0.15) is 5.10 Å². The molecule has 1 amide bonds. The highest BCUT2D eigenvalue weighted by Gasteiger charge is 2.25. The Labute approximate surface area is 175 Å². The number of carbonyl (C=O) groups excluding carboxylic acids is 1. The van der Waals surface area contributed by atoms with Gasteiger partial charge in [-0.1, -0.05) is 30.3 Å². The molecule has 1 aliphatic heterocycles. The van der Waals surface area contributed by atoms with E-state index < -0.39 is 10.5 Å². The van der Waals surface area contributed by atoms with E-state index in [1.54, 1.807) is 17.0 Å². The zero-order valence-electron chi connectivity index (χ0n) is 16.2. The van der Waals surface area contributed by atoms with Gasteiger partial charge in [0, 0.05) is 18.3 Å². The summed E-state index contributed by atoms with van der Waals surface area (Å²) >= 11 is 0. The summed E-state index contributed by atoms with van der Waals surface area (Å²) in [5, 5.41) is 15.7. The zero-order chi connectivity index (χ0) is 21.5. The zero-order valence-corrected chi connectivity index (χ0v) is 16.2. The lowest BCUT2D eigenvalue weighted by Crippen LogP contribution is -2.35. The first-order valence-electron chi connectivity index (χ1n) is 9.60. The molecule has 31 heavy (non-hydrogen) atoms. The summed E-state index contributed by atoms with van der Waals surface area (Å²) in [6, 6.07) is 13.8. The van der Waals surface area contributed by atoms with Gasteiger partial charge in [0.05, 0.1) is 11.1 Å². The first kappa shape index (κ1) is 18.7. The van der Waals surface area contributed by atoms with Gasteiger partial charge < -0.3 is 4.90 Å². The highest BCUT2D eigenvalue weighted by atomic mass is 16.6. The number of rotatable bonds is 4. The fraction of sp³-hybridized carbons (Fsp3) is 0.143. The minimum atomic E-state index is -0.517. The molecule has 0 fully saturated rings. The van der Waals surface area contributed by atoms with E-state index in [4.69, 9.17) is 0 Å². The molecule has 0 atom stereocenters. The number of carbonyl (C=O) groups is 1. The van der Waals surface area contributed by atoms with Crippen LogP contribution in [0.15, 0.2) is 65.8 Å². The number of nitro benzene ring substituents is 1. The van der Waals surface area contributed by atoms with Gasteiger partial charge in [-0.25, -0.2) is 9.67 Å². The van der Waals surface area contributed by atoms with Crippen molar-refractivity contribution in [2.24, 2.45) is 0 Å². The third kappa shape index (κ3) is 3.05. The first-order chi connectivity index (χ1) is 15.0. The summed E-state index contributed by atoms with van der Waals surface area (Å²) in [5.41, 5.74) is 1.77. The van der Waals surface area contributed by atoms with Crippen molar-refractivity contribution in [3.8, 4) is 5.69 Å². The van der Waals surface area contributed by atoms with Crippen molar-refractivity contribution < 1.29 is 9.72 Å². The van der Waals surface area contributed by atoms with E-state index in [0.717, 1.165) is 17.7 Å². The smallest absolute Gasteiger partial charge is 0.294 e. The maximum absolute atomic E-state index is 13.0. The molecule has 3 heterocycles. The highest BCUT2D eigenvalue weighted by molar-refractivity contribution is 5.95. The molecule has 4 aromatic rings. The van der Waals surface area contributed by atoms with E-state index in [-0.39, 0.29) is 34.9 Å². The number of aromatic nitrogens is 4. The Kier molecular flexibility index (Phi) is 4.32. The van der Waals surface area contributed by atoms with Crippen LogP contribution in [0.5, 0.6) is 0 Å². The van der Waals surface area contributed by atoms with Gasteiger partial charge in [-0.15, -0.1) is 0 Å². The molecule has 2 aromatic heterocycles. The van der Waals surface area contributed by atoms with Crippen LogP contribution < -0.4 is 10.5 Å². The summed E-state index contributed by atoms with van der Waals surface area (Å²) in [4.78, 5) is 42.6. The van der Waals surface area contributed by atoms with Gasteiger partial charge in [0.2, 0.25) is 5.91 Å². The number of nitrogens with zero attached hydrogens (tertiary/aromatic N) is 6. The lowest BCUT2D eigenvalue weighted by molar-refractivity contribution is -0.384. The quantitative estimate of drug-likeness (QED) is 0.371. The third-order valence-electron chi connectivity index (χ3n) is 5.35. The molecule has 0 N–H and O–H groups in total. The fourth-order valence-electron chi connectivity index (χ4n) is 3.86. The van der Waals surface area contributed by atoms with E-state index in [1.165, 1.54) is 33.9 Å². The normalized spacial score (nSPS) is 12.8. The molecule has 0 saturated carbocycles. The molecule has 10 nitrogen and oxygen atoms in total. The molecular weight excluding hydrogens is 400 g/mol. The van der Waals surface area contributed by atoms with E-state index >= 15 is 0 Å². The third-order valence-corrected chi connectivity index (χ3v) is 5.35. The van der Waals surface area contributed by atoms with Crippen LogP contribution in [0.3, 0.4) is 0 Å². The predicted molar refractivity (Wildman–Crippen MR) is 112 cm³/mol. The number of para-hydroxylation sites is 3. The van der Waals surface area contributed by atoms with E-state index in [9.17, 15) is 19.7 Å². The number of benzene rings is 2. The second-order valence-electron chi connectivity index (χ2n) is 7.14. The fourth-order valence-corrected chi connectivity index (χ4v) is 3.86. The van der Waals surface area contributed by atoms with Gasteiger partial charge in [-0.3, -0.25) is 24.3 Å². The van der Waals surface area contributed by atoms with Crippen molar-refractivity contribution in [3.63, 3.8) is 0 Å². The first-order valence-corrected chi connectivity index (χ1v) is 9.60. The topological polar surface area (TPSA) is 116 Å². The number of amides is 1. The Balaban J connectivity index is 1.49. The van der Waals surface area contributed by atoms with Gasteiger partial charge >= 0.3 is 0 Å². The second kappa shape index (κ2) is 7.17. The van der Waals surface area contributed by atoms with Gasteiger partial charge in [0.1, 0.15) is 23.9 Å². The molecule has 0 radical (unpaired) electrons. The van der Waals surface area contributed by atoms with Gasteiger partial charge in [0.25, 0.3) is 11.2 Å². The van der Waals surface area contributed by atoms with Crippen molar-refractivity contribution >= 4 is 28.3 Å². The average Bonchev–Trinajstić information content (AvgIpc) is 3.40. The average molecular weight is 416 g/mol. The largest absolute Gasteiger partial charge is 0.310 e. The van der Waals surface area contributed by atoms with Crippen molar-refractivity contribution in [2.75, 3.05) is 11.4 Å². The van der Waals surface area contributed by atoms with Crippen molar-refractivity contribution in [3.05, 3.63) is 87.1 Å². The number of hydrogen-bond acceptors (Lipinski definition) is 6. The molecule has 1 aliphatic rings. The van der Waals surface area contributed by atoms with E-state index in [0.29, 0.717) is 6.54 Å². The maximum Gasteiger partial charge on any atom is 0.294 e. The van der Waals surface area contributed by atoms with E-state index in [2.05, 4.69) is 10.1 Å². The van der Waals surface area contributed by atoms with Crippen LogP contribution in [-0.2, 0) is 17.8 Å². The summed E-state index contributed by atoms with van der Waals surface area (Å²) in [5.74, 6) is -0.209. The van der Waals surface area contributed by atoms with E-state index in [1.807, 2.05) is 24.3 Å². The second-order valence-corrected chi connectivity index (χ2v) is 7.14. The molecular formula is C21H16N6O4. The molecule has 0 unspecified atom stereocenters. The SMILES string of the molecule is O=C(Cn1cnc2c(cnn2-c2ccccc2[N+](=O)[O-])c1=O)N1CCc2ccccc21. The van der Waals surface area contributed by atoms with Crippen molar-refractivity contribution in [2.45, 2.75) is 13.0 Å². The lowest BCUT2D eigenvalue weighted by Gasteiger charge is -2.17. The van der Waals surface area contributed by atoms with Crippen LogP contribution in [0.4, 0.5) is 11.4 Å². The molecule has 0 aliphatic carbocycles. The molecule has 10 heteroatoms. The number of nitro groups is 1. The summed E-state index contributed by atoms with van der Waals surface area (Å²) in [7, 11) is 0. The Morgan fingerprint density at radius 2 is 1.84 bits per heavy atom. The van der Waals surface area contributed by atoms with Crippen LogP contribution in [0.1, 0.15) is 5.56 Å². The number of fused-ring (bicyclic) bond motifs is 2. The number of hydrogen-bond donors (Lipinski definition) is 0. The predicted octanol–water partition coefficient (Wildman–Crippen LogP) is 2.08. The monoisotopic (exact) mass is 416 g/mol. The van der Waals surface area contributed by atoms with Crippen molar-refractivity contribution in [1.82, 2.24) is 19.3 Å². The molecule has 0 spiro atoms. The van der Waals surface area contributed by atoms with Crippen LogP contribution in [0, 0.1) is 10.1 Å². The van der Waals surface area contributed by atoms with Gasteiger partial charge in [-0.05, 0) is 24.1 Å². The Morgan fingerprint density at radius 1 is 1.10 bits per heavy atom. The van der Waals surface area contributed by atoms with Crippen LogP contribution in [0.25, 0.3) is 16.7 Å². The Hall–Kier alpha value is -4.34. The summed E-state index contributed by atoms with van der Waals surface area (Å²) < 4.78 is 2.49. The maximum atomic E-state index is 13.0. The Morgan fingerprint density at radius 3 is 2.65 bits per heavy atom. The Bertz CT molecular complexity index is 1410. The van der Waals surface area contributed by atoms with Crippen LogP contribution >= 0.6 is 0 Å².